The van der Waals surface area contributed by atoms with Crippen LogP contribution in [0.2, 0.25) is 0 Å². The quantitative estimate of drug-likeness (QED) is 0.150. The third-order valence-corrected chi connectivity index (χ3v) is 10.5. The first kappa shape index (κ1) is 31.1. The fourth-order valence-electron chi connectivity index (χ4n) is 6.43. The Morgan fingerprint density at radius 2 is 0.717 bits per heavy atom. The zero-order chi connectivity index (χ0) is 32.8. The molecule has 0 aromatic heterocycles. The van der Waals surface area contributed by atoms with Crippen molar-refractivity contribution < 1.29 is 27.4 Å². The van der Waals surface area contributed by atoms with Gasteiger partial charge in [0.25, 0.3) is 0 Å². The minimum atomic E-state index is -0.674. The highest BCUT2D eigenvalue weighted by Crippen LogP contribution is 2.45. The molecule has 0 radical (unpaired) electrons. The van der Waals surface area contributed by atoms with Crippen LogP contribution in [0.3, 0.4) is 0 Å². The predicted octanol–water partition coefficient (Wildman–Crippen LogP) is 8.20. The van der Waals surface area contributed by atoms with Crippen LogP contribution in [0.5, 0.6) is 0 Å². The van der Waals surface area contributed by atoms with Crippen LogP contribution in [0.25, 0.3) is 43.8 Å². The van der Waals surface area contributed by atoms with Crippen LogP contribution in [0, 0.1) is 11.6 Å². The molecule has 0 amide bonds. The number of benzene rings is 5. The van der Waals surface area contributed by atoms with Crippen molar-refractivity contribution in [2.45, 2.75) is 77.8 Å². The van der Waals surface area contributed by atoms with Crippen molar-refractivity contribution in [3.8, 4) is 22.3 Å². The van der Waals surface area contributed by atoms with Gasteiger partial charge in [0.15, 0.2) is 0 Å². The highest BCUT2D eigenvalue weighted by molar-refractivity contribution is 6.62. The van der Waals surface area contributed by atoms with E-state index in [-0.39, 0.29) is 11.6 Å². The molecule has 0 spiro atoms. The van der Waals surface area contributed by atoms with Gasteiger partial charge in [-0.15, -0.1) is 0 Å². The van der Waals surface area contributed by atoms with Crippen molar-refractivity contribution in [3.63, 3.8) is 0 Å². The monoisotopic (exact) mass is 618 g/mol. The van der Waals surface area contributed by atoms with E-state index in [2.05, 4.69) is 0 Å². The summed E-state index contributed by atoms with van der Waals surface area (Å²) in [6.45, 7) is 15.8. The lowest BCUT2D eigenvalue weighted by atomic mass is 9.77. The van der Waals surface area contributed by atoms with Crippen LogP contribution in [0.4, 0.5) is 8.78 Å². The lowest BCUT2D eigenvalue weighted by Crippen LogP contribution is -2.41. The van der Waals surface area contributed by atoms with E-state index in [0.29, 0.717) is 22.1 Å². The van der Waals surface area contributed by atoms with E-state index in [1.54, 1.807) is 12.1 Å². The van der Waals surface area contributed by atoms with Gasteiger partial charge in [-0.25, -0.2) is 8.78 Å². The largest absolute Gasteiger partial charge is 0.494 e. The molecule has 0 aliphatic carbocycles. The van der Waals surface area contributed by atoms with E-state index < -0.39 is 36.6 Å². The van der Waals surface area contributed by atoms with Crippen molar-refractivity contribution in [1.29, 1.82) is 0 Å². The van der Waals surface area contributed by atoms with Crippen molar-refractivity contribution >= 4 is 46.7 Å². The average Bonchev–Trinajstić information content (AvgIpc) is 3.35. The van der Waals surface area contributed by atoms with Crippen LogP contribution < -0.4 is 10.9 Å². The standard InChI is InChI=1S/C38H38B2F2O4/c1-35(2)36(3,4)44-39(43-35)23-17-19-29(31(41)21-23)33-25-13-9-11-15-27(25)34(28-16-12-10-14-26(28)33)30-20-18-24(22-32(30)42)40-45-37(5,6)38(7,8)46-40/h9-22H,1-8H3. The number of hydrogen-bond donors (Lipinski definition) is 0. The van der Waals surface area contributed by atoms with E-state index >= 15 is 8.78 Å². The third kappa shape index (κ3) is 4.81. The molecule has 0 unspecified atom stereocenters. The summed E-state index contributed by atoms with van der Waals surface area (Å²) in [5.74, 6) is -0.763. The molecule has 2 heterocycles. The van der Waals surface area contributed by atoms with Crippen molar-refractivity contribution in [2.24, 2.45) is 0 Å². The topological polar surface area (TPSA) is 36.9 Å². The third-order valence-electron chi connectivity index (χ3n) is 10.5. The van der Waals surface area contributed by atoms with Crippen LogP contribution >= 0.6 is 0 Å². The Bertz CT molecular complexity index is 1790. The first-order valence-corrected chi connectivity index (χ1v) is 15.8. The summed E-state index contributed by atoms with van der Waals surface area (Å²) in [4.78, 5) is 0. The van der Waals surface area contributed by atoms with Gasteiger partial charge >= 0.3 is 14.2 Å². The molecule has 0 atom stereocenters. The molecule has 5 aromatic carbocycles. The average molecular weight is 618 g/mol. The molecule has 2 aliphatic heterocycles. The maximum Gasteiger partial charge on any atom is 0.494 e. The van der Waals surface area contributed by atoms with Gasteiger partial charge in [-0.05, 0) is 100.0 Å². The van der Waals surface area contributed by atoms with Gasteiger partial charge in [0.2, 0.25) is 0 Å². The minimum Gasteiger partial charge on any atom is -0.399 e. The van der Waals surface area contributed by atoms with Crippen LogP contribution in [0.15, 0.2) is 84.9 Å². The summed E-state index contributed by atoms with van der Waals surface area (Å²) in [5.41, 5.74) is 1.51. The number of rotatable bonds is 4. The molecule has 2 saturated heterocycles. The molecule has 234 valence electrons. The van der Waals surface area contributed by atoms with E-state index in [9.17, 15) is 0 Å². The summed E-state index contributed by atoms with van der Waals surface area (Å²) in [5, 5.41) is 3.31. The lowest BCUT2D eigenvalue weighted by Gasteiger charge is -2.32. The Labute approximate surface area is 270 Å². The second-order valence-electron chi connectivity index (χ2n) is 14.5. The molecular weight excluding hydrogens is 580 g/mol. The van der Waals surface area contributed by atoms with Gasteiger partial charge in [-0.1, -0.05) is 72.8 Å². The highest BCUT2D eigenvalue weighted by atomic mass is 19.1. The smallest absolute Gasteiger partial charge is 0.399 e. The Morgan fingerprint density at radius 3 is 0.978 bits per heavy atom. The fourth-order valence-corrected chi connectivity index (χ4v) is 6.43. The lowest BCUT2D eigenvalue weighted by molar-refractivity contribution is 0.00578. The Morgan fingerprint density at radius 1 is 0.435 bits per heavy atom. The normalized spacial score (nSPS) is 19.8. The molecule has 46 heavy (non-hydrogen) atoms. The molecule has 2 aliphatic rings. The first-order chi connectivity index (χ1) is 21.6. The van der Waals surface area contributed by atoms with Gasteiger partial charge in [-0.3, -0.25) is 0 Å². The first-order valence-electron chi connectivity index (χ1n) is 15.8. The summed E-state index contributed by atoms with van der Waals surface area (Å²) in [6, 6.07) is 25.9. The van der Waals surface area contributed by atoms with Gasteiger partial charge < -0.3 is 18.6 Å². The van der Waals surface area contributed by atoms with Crippen LogP contribution in [-0.2, 0) is 18.6 Å². The van der Waals surface area contributed by atoms with Crippen molar-refractivity contribution in [1.82, 2.24) is 0 Å². The Hall–Kier alpha value is -3.55. The Balaban J connectivity index is 1.36. The molecule has 7 rings (SSSR count). The molecule has 2 fully saturated rings. The van der Waals surface area contributed by atoms with E-state index in [1.165, 1.54) is 12.1 Å². The Kier molecular flexibility index (Phi) is 7.08. The van der Waals surface area contributed by atoms with Gasteiger partial charge in [-0.2, -0.15) is 0 Å². The summed E-state index contributed by atoms with van der Waals surface area (Å²) in [7, 11) is -1.35. The molecular formula is C38H38B2F2O4. The zero-order valence-corrected chi connectivity index (χ0v) is 27.6. The molecule has 4 nitrogen and oxygen atoms in total. The zero-order valence-electron chi connectivity index (χ0n) is 27.6. The number of hydrogen-bond acceptors (Lipinski definition) is 4. The molecule has 0 bridgehead atoms. The number of halogens is 2. The summed E-state index contributed by atoms with van der Waals surface area (Å²) < 4.78 is 57.2. The summed E-state index contributed by atoms with van der Waals surface area (Å²) >= 11 is 0. The van der Waals surface area contributed by atoms with E-state index in [1.807, 2.05) is 116 Å². The molecule has 5 aromatic rings. The fraction of sp³-hybridized carbons (Fsp3) is 0.316. The van der Waals surface area contributed by atoms with Crippen molar-refractivity contribution in [3.05, 3.63) is 96.6 Å². The second-order valence-corrected chi connectivity index (χ2v) is 14.5. The SMILES string of the molecule is CC1(C)OB(c2ccc(-c3c4ccccc4c(-c4ccc(B5OC(C)(C)C(C)(C)O5)cc4F)c4ccccc34)c(F)c2)OC1(C)C. The van der Waals surface area contributed by atoms with E-state index in [4.69, 9.17) is 18.6 Å². The predicted molar refractivity (Wildman–Crippen MR) is 184 cm³/mol. The number of fused-ring (bicyclic) bond motifs is 2. The molecule has 8 heteroatoms. The molecule has 0 N–H and O–H groups in total. The second kappa shape index (κ2) is 10.5. The molecule has 0 saturated carbocycles. The maximum atomic E-state index is 16.2. The van der Waals surface area contributed by atoms with E-state index in [0.717, 1.165) is 32.7 Å². The van der Waals surface area contributed by atoms with Crippen LogP contribution in [-0.4, -0.2) is 36.6 Å². The van der Waals surface area contributed by atoms with Gasteiger partial charge in [0, 0.05) is 22.3 Å². The summed E-state index contributed by atoms with van der Waals surface area (Å²) in [6.07, 6.45) is 0. The van der Waals surface area contributed by atoms with Crippen molar-refractivity contribution in [2.75, 3.05) is 0 Å². The van der Waals surface area contributed by atoms with Crippen LogP contribution in [0.1, 0.15) is 55.4 Å². The maximum absolute atomic E-state index is 16.2. The van der Waals surface area contributed by atoms with Gasteiger partial charge in [0.1, 0.15) is 11.6 Å². The highest BCUT2D eigenvalue weighted by Gasteiger charge is 2.53. The minimum absolute atomic E-state index is 0.381. The van der Waals surface area contributed by atoms with Gasteiger partial charge in [0.05, 0.1) is 22.4 Å².